The van der Waals surface area contributed by atoms with Crippen molar-refractivity contribution in [3.05, 3.63) is 51.7 Å². The van der Waals surface area contributed by atoms with Crippen LogP contribution < -0.4 is 10.1 Å². The molecule has 0 fully saturated rings. The summed E-state index contributed by atoms with van der Waals surface area (Å²) in [6.45, 7) is 0.867. The Morgan fingerprint density at radius 1 is 1.24 bits per heavy atom. The van der Waals surface area contributed by atoms with E-state index >= 15 is 0 Å². The van der Waals surface area contributed by atoms with E-state index in [0.717, 1.165) is 28.2 Å². The zero-order valence-electron chi connectivity index (χ0n) is 14.2. The molecule has 0 aliphatic carbocycles. The van der Waals surface area contributed by atoms with Gasteiger partial charge in [0.05, 0.1) is 14.2 Å². The zero-order valence-corrected chi connectivity index (χ0v) is 15.0. The average molecular weight is 360 g/mol. The minimum atomic E-state index is -0.684. The van der Waals surface area contributed by atoms with E-state index in [9.17, 15) is 9.59 Å². The number of rotatable bonds is 4. The van der Waals surface area contributed by atoms with Crippen LogP contribution in [0.1, 0.15) is 22.0 Å². The topological polar surface area (TPSA) is 67.9 Å². The molecule has 1 N–H and O–H groups in total. The van der Waals surface area contributed by atoms with Crippen LogP contribution >= 0.6 is 11.3 Å². The lowest BCUT2D eigenvalue weighted by molar-refractivity contribution is -0.146. The second-order valence-corrected chi connectivity index (χ2v) is 6.68. The van der Waals surface area contributed by atoms with E-state index in [0.29, 0.717) is 13.1 Å². The van der Waals surface area contributed by atoms with Gasteiger partial charge in [0, 0.05) is 18.0 Å². The number of carbonyl (C=O) groups excluding carboxylic acids is 2. The Labute approximate surface area is 150 Å². The Kier molecular flexibility index (Phi) is 5.23. The van der Waals surface area contributed by atoms with Crippen LogP contribution in [-0.4, -0.2) is 37.7 Å². The Bertz CT molecular complexity index is 757. The molecule has 132 valence electrons. The predicted octanol–water partition coefficient (Wildman–Crippen LogP) is 2.74. The molecule has 1 aromatic heterocycles. The van der Waals surface area contributed by atoms with Gasteiger partial charge in [-0.1, -0.05) is 12.1 Å². The number of thiophene rings is 1. The summed E-state index contributed by atoms with van der Waals surface area (Å²) >= 11 is 1.61. The standard InChI is InChI=1S/C18H20N2O4S/c1-23-13-5-3-12(4-6-13)11-19-18(22)20-9-7-15-14(8-10-25-15)16(20)17(21)24-2/h3-6,8,10,16H,7,9,11H2,1-2H3,(H,19,22). The molecule has 2 heterocycles. The van der Waals surface area contributed by atoms with E-state index in [1.54, 1.807) is 23.3 Å². The van der Waals surface area contributed by atoms with E-state index in [1.165, 1.54) is 7.11 Å². The van der Waals surface area contributed by atoms with Crippen LogP contribution in [0.2, 0.25) is 0 Å². The second kappa shape index (κ2) is 7.57. The molecule has 1 aromatic carbocycles. The van der Waals surface area contributed by atoms with E-state index in [4.69, 9.17) is 9.47 Å². The third-order valence-electron chi connectivity index (χ3n) is 4.25. The SMILES string of the molecule is COC(=O)C1c2ccsc2CCN1C(=O)NCc1ccc(OC)cc1. The molecule has 0 saturated carbocycles. The molecule has 25 heavy (non-hydrogen) atoms. The van der Waals surface area contributed by atoms with Gasteiger partial charge in [0.25, 0.3) is 0 Å². The van der Waals surface area contributed by atoms with Gasteiger partial charge in [0.1, 0.15) is 5.75 Å². The van der Waals surface area contributed by atoms with E-state index in [-0.39, 0.29) is 6.03 Å². The van der Waals surface area contributed by atoms with Gasteiger partial charge in [0.2, 0.25) is 0 Å². The van der Waals surface area contributed by atoms with Gasteiger partial charge in [-0.05, 0) is 41.1 Å². The number of methoxy groups -OCH3 is 2. The monoisotopic (exact) mass is 360 g/mol. The van der Waals surface area contributed by atoms with Crippen LogP contribution in [0, 0.1) is 0 Å². The first kappa shape index (κ1) is 17.3. The van der Waals surface area contributed by atoms with Crippen LogP contribution in [-0.2, 0) is 22.5 Å². The van der Waals surface area contributed by atoms with Crippen LogP contribution in [0.25, 0.3) is 0 Å². The molecular weight excluding hydrogens is 340 g/mol. The molecule has 0 radical (unpaired) electrons. The normalized spacial score (nSPS) is 16.1. The summed E-state index contributed by atoms with van der Waals surface area (Å²) in [7, 11) is 2.95. The molecule has 7 heteroatoms. The van der Waals surface area contributed by atoms with Gasteiger partial charge < -0.3 is 19.7 Å². The lowest BCUT2D eigenvalue weighted by atomic mass is 10.0. The van der Waals surface area contributed by atoms with Gasteiger partial charge in [-0.15, -0.1) is 11.3 Å². The molecular formula is C18H20N2O4S. The average Bonchev–Trinajstić information content (AvgIpc) is 3.13. The number of fused-ring (bicyclic) bond motifs is 1. The van der Waals surface area contributed by atoms with Crippen molar-refractivity contribution in [2.45, 2.75) is 19.0 Å². The molecule has 1 aliphatic rings. The first-order valence-electron chi connectivity index (χ1n) is 7.95. The van der Waals surface area contributed by atoms with Gasteiger partial charge in [-0.2, -0.15) is 0 Å². The third-order valence-corrected chi connectivity index (χ3v) is 5.25. The number of nitrogens with zero attached hydrogens (tertiary/aromatic N) is 1. The maximum Gasteiger partial charge on any atom is 0.333 e. The Balaban J connectivity index is 1.70. The van der Waals surface area contributed by atoms with Crippen molar-refractivity contribution in [3.8, 4) is 5.75 Å². The highest BCUT2D eigenvalue weighted by Crippen LogP contribution is 2.34. The molecule has 2 aromatic rings. The number of hydrogen-bond donors (Lipinski definition) is 1. The molecule has 1 aliphatic heterocycles. The number of nitrogens with one attached hydrogen (secondary N) is 1. The second-order valence-electron chi connectivity index (χ2n) is 5.67. The number of ether oxygens (including phenoxy) is 2. The van der Waals surface area contributed by atoms with Gasteiger partial charge in [-0.3, -0.25) is 0 Å². The van der Waals surface area contributed by atoms with Crippen molar-refractivity contribution < 1.29 is 19.1 Å². The van der Waals surface area contributed by atoms with Crippen molar-refractivity contribution in [1.29, 1.82) is 0 Å². The van der Waals surface area contributed by atoms with E-state index in [1.807, 2.05) is 35.7 Å². The minimum absolute atomic E-state index is 0.275. The molecule has 0 spiro atoms. The zero-order chi connectivity index (χ0) is 17.8. The highest BCUT2D eigenvalue weighted by molar-refractivity contribution is 7.10. The number of urea groups is 1. The Hall–Kier alpha value is -2.54. The van der Waals surface area contributed by atoms with Gasteiger partial charge in [0.15, 0.2) is 6.04 Å². The third kappa shape index (κ3) is 3.61. The molecule has 3 rings (SSSR count). The summed E-state index contributed by atoms with van der Waals surface area (Å²) in [5.41, 5.74) is 1.82. The molecule has 1 atom stereocenters. The quantitative estimate of drug-likeness (QED) is 0.852. The largest absolute Gasteiger partial charge is 0.497 e. The van der Waals surface area contributed by atoms with Crippen LogP contribution in [0.5, 0.6) is 5.75 Å². The lowest BCUT2D eigenvalue weighted by Crippen LogP contribution is -2.47. The Morgan fingerprint density at radius 2 is 2.00 bits per heavy atom. The number of benzene rings is 1. The molecule has 1 unspecified atom stereocenters. The summed E-state index contributed by atoms with van der Waals surface area (Å²) < 4.78 is 10.0. The van der Waals surface area contributed by atoms with Crippen LogP contribution in [0.4, 0.5) is 4.79 Å². The fourth-order valence-corrected chi connectivity index (χ4v) is 3.83. The first-order chi connectivity index (χ1) is 12.1. The van der Waals surface area contributed by atoms with Crippen molar-refractivity contribution in [2.24, 2.45) is 0 Å². The number of esters is 1. The van der Waals surface area contributed by atoms with E-state index < -0.39 is 12.0 Å². The summed E-state index contributed by atoms with van der Waals surface area (Å²) in [4.78, 5) is 27.6. The number of carbonyl (C=O) groups is 2. The van der Waals surface area contributed by atoms with Crippen molar-refractivity contribution in [3.63, 3.8) is 0 Å². The number of amides is 2. The predicted molar refractivity (Wildman–Crippen MR) is 94.7 cm³/mol. The smallest absolute Gasteiger partial charge is 0.333 e. The fourth-order valence-electron chi connectivity index (χ4n) is 2.92. The minimum Gasteiger partial charge on any atom is -0.497 e. The van der Waals surface area contributed by atoms with Crippen molar-refractivity contribution >= 4 is 23.3 Å². The Morgan fingerprint density at radius 3 is 2.68 bits per heavy atom. The lowest BCUT2D eigenvalue weighted by Gasteiger charge is -2.33. The highest BCUT2D eigenvalue weighted by Gasteiger charge is 2.37. The van der Waals surface area contributed by atoms with Gasteiger partial charge in [-0.25, -0.2) is 9.59 Å². The van der Waals surface area contributed by atoms with Gasteiger partial charge >= 0.3 is 12.0 Å². The number of hydrogen-bond acceptors (Lipinski definition) is 5. The fraction of sp³-hybridized carbons (Fsp3) is 0.333. The molecule has 2 amide bonds. The summed E-state index contributed by atoms with van der Waals surface area (Å²) in [5, 5.41) is 4.82. The summed E-state index contributed by atoms with van der Waals surface area (Å²) in [5.74, 6) is 0.348. The summed E-state index contributed by atoms with van der Waals surface area (Å²) in [6.07, 6.45) is 0.746. The summed E-state index contributed by atoms with van der Waals surface area (Å²) in [6, 6.07) is 8.41. The van der Waals surface area contributed by atoms with Crippen LogP contribution in [0.3, 0.4) is 0 Å². The molecule has 6 nitrogen and oxygen atoms in total. The first-order valence-corrected chi connectivity index (χ1v) is 8.83. The molecule has 0 saturated heterocycles. The van der Waals surface area contributed by atoms with Crippen LogP contribution in [0.15, 0.2) is 35.7 Å². The van der Waals surface area contributed by atoms with Crippen molar-refractivity contribution in [1.82, 2.24) is 10.2 Å². The maximum absolute atomic E-state index is 12.6. The maximum atomic E-state index is 12.6. The van der Waals surface area contributed by atoms with Crippen molar-refractivity contribution in [2.75, 3.05) is 20.8 Å². The molecule has 0 bridgehead atoms. The highest BCUT2D eigenvalue weighted by atomic mass is 32.1. The van der Waals surface area contributed by atoms with E-state index in [2.05, 4.69) is 5.32 Å².